The summed E-state index contributed by atoms with van der Waals surface area (Å²) >= 11 is 1.86. The number of anilines is 1. The van der Waals surface area contributed by atoms with E-state index < -0.39 is 0 Å². The van der Waals surface area contributed by atoms with Crippen molar-refractivity contribution >= 4 is 47.2 Å². The maximum atomic E-state index is 4.84. The first-order valence-electron chi connectivity index (χ1n) is 8.93. The second kappa shape index (κ2) is 10.7. The molecule has 1 aliphatic heterocycles. The van der Waals surface area contributed by atoms with E-state index in [-0.39, 0.29) is 24.0 Å². The van der Waals surface area contributed by atoms with Gasteiger partial charge >= 0.3 is 0 Å². The minimum atomic E-state index is 0. The van der Waals surface area contributed by atoms with Crippen LogP contribution in [0.4, 0.5) is 5.95 Å². The van der Waals surface area contributed by atoms with Gasteiger partial charge in [-0.15, -0.1) is 35.3 Å². The van der Waals surface area contributed by atoms with Gasteiger partial charge in [-0.3, -0.25) is 0 Å². The van der Waals surface area contributed by atoms with Gasteiger partial charge in [-0.2, -0.15) is 0 Å². The van der Waals surface area contributed by atoms with E-state index in [1.807, 2.05) is 17.4 Å². The molecule has 2 aromatic rings. The number of nitrogens with zero attached hydrogens (tertiary/aromatic N) is 5. The van der Waals surface area contributed by atoms with E-state index in [0.29, 0.717) is 0 Å². The van der Waals surface area contributed by atoms with Crippen LogP contribution in [0.5, 0.6) is 0 Å². The van der Waals surface area contributed by atoms with E-state index in [4.69, 9.17) is 4.99 Å². The minimum Gasteiger partial charge on any atom is -0.357 e. The van der Waals surface area contributed by atoms with Gasteiger partial charge in [0.15, 0.2) is 5.96 Å². The first-order valence-corrected chi connectivity index (χ1v) is 9.74. The zero-order valence-corrected chi connectivity index (χ0v) is 18.5. The lowest BCUT2D eigenvalue weighted by molar-refractivity contribution is 0.370. The maximum Gasteiger partial charge on any atom is 0.225 e. The Morgan fingerprint density at radius 1 is 1.12 bits per heavy atom. The highest BCUT2D eigenvalue weighted by atomic mass is 127. The van der Waals surface area contributed by atoms with Crippen LogP contribution < -0.4 is 10.2 Å². The molecule has 0 saturated carbocycles. The SMILES string of the molecule is CCNC(=NCc1ccc(CC)s1)N1CCN(c2ncccn2)CC1.I. The Kier molecular flexibility index (Phi) is 8.56. The summed E-state index contributed by atoms with van der Waals surface area (Å²) in [6.07, 6.45) is 4.69. The summed E-state index contributed by atoms with van der Waals surface area (Å²) in [5.41, 5.74) is 0. The van der Waals surface area contributed by atoms with Gasteiger partial charge in [0.2, 0.25) is 5.95 Å². The topological polar surface area (TPSA) is 56.7 Å². The van der Waals surface area contributed by atoms with Crippen LogP contribution in [0.25, 0.3) is 0 Å². The molecule has 1 saturated heterocycles. The molecule has 8 heteroatoms. The molecule has 1 aliphatic rings. The third-order valence-corrected chi connectivity index (χ3v) is 5.41. The van der Waals surface area contributed by atoms with E-state index in [1.54, 1.807) is 12.4 Å². The quantitative estimate of drug-likeness (QED) is 0.400. The zero-order chi connectivity index (χ0) is 17.5. The van der Waals surface area contributed by atoms with Crippen molar-refractivity contribution in [3.63, 3.8) is 0 Å². The average Bonchev–Trinajstić information content (AvgIpc) is 3.14. The van der Waals surface area contributed by atoms with E-state index in [0.717, 1.165) is 57.6 Å². The van der Waals surface area contributed by atoms with Crippen molar-refractivity contribution in [2.24, 2.45) is 4.99 Å². The molecule has 0 aliphatic carbocycles. The summed E-state index contributed by atoms with van der Waals surface area (Å²) in [6, 6.07) is 6.26. The lowest BCUT2D eigenvalue weighted by Gasteiger charge is -2.36. The number of guanidine groups is 1. The fraction of sp³-hybridized carbons (Fsp3) is 0.500. The highest BCUT2D eigenvalue weighted by Crippen LogP contribution is 2.18. The number of aromatic nitrogens is 2. The largest absolute Gasteiger partial charge is 0.357 e. The van der Waals surface area contributed by atoms with Gasteiger partial charge < -0.3 is 15.1 Å². The molecule has 3 rings (SSSR count). The highest BCUT2D eigenvalue weighted by Gasteiger charge is 2.21. The van der Waals surface area contributed by atoms with Crippen LogP contribution in [0.15, 0.2) is 35.6 Å². The van der Waals surface area contributed by atoms with Crippen molar-refractivity contribution in [2.75, 3.05) is 37.6 Å². The summed E-state index contributed by atoms with van der Waals surface area (Å²) in [4.78, 5) is 20.8. The molecule has 0 aromatic carbocycles. The molecule has 0 unspecified atom stereocenters. The van der Waals surface area contributed by atoms with Crippen LogP contribution in [-0.2, 0) is 13.0 Å². The lowest BCUT2D eigenvalue weighted by Crippen LogP contribution is -2.52. The van der Waals surface area contributed by atoms with Gasteiger partial charge in [-0.1, -0.05) is 6.92 Å². The third kappa shape index (κ3) is 5.54. The first kappa shape index (κ1) is 20.9. The number of hydrogen-bond donors (Lipinski definition) is 1. The molecular formula is C18H27IN6S. The Morgan fingerprint density at radius 3 is 2.42 bits per heavy atom. The fourth-order valence-corrected chi connectivity index (χ4v) is 3.73. The smallest absolute Gasteiger partial charge is 0.225 e. The summed E-state index contributed by atoms with van der Waals surface area (Å²) in [7, 11) is 0. The van der Waals surface area contributed by atoms with Crippen LogP contribution in [0.2, 0.25) is 0 Å². The van der Waals surface area contributed by atoms with Gasteiger partial charge in [0.05, 0.1) is 6.54 Å². The first-order chi connectivity index (χ1) is 12.3. The molecule has 142 valence electrons. The molecule has 2 aromatic heterocycles. The molecule has 3 heterocycles. The standard InChI is InChI=1S/C18H26N6S.HI/c1-3-15-6-7-16(25-15)14-22-17(19-4-2)23-10-12-24(13-11-23)18-20-8-5-9-21-18;/h5-9H,3-4,10-14H2,1-2H3,(H,19,22);1H. The Labute approximate surface area is 176 Å². The van der Waals surface area contributed by atoms with E-state index in [2.05, 4.69) is 51.1 Å². The maximum absolute atomic E-state index is 4.84. The molecule has 26 heavy (non-hydrogen) atoms. The molecule has 6 nitrogen and oxygen atoms in total. The van der Waals surface area contributed by atoms with Crippen LogP contribution in [0.3, 0.4) is 0 Å². The number of aryl methyl sites for hydroxylation is 1. The Bertz CT molecular complexity index is 682. The Balaban J connectivity index is 0.00000243. The molecule has 0 amide bonds. The molecule has 1 N–H and O–H groups in total. The number of nitrogens with one attached hydrogen (secondary N) is 1. The normalized spacial score (nSPS) is 14.9. The van der Waals surface area contributed by atoms with Crippen LogP contribution >= 0.6 is 35.3 Å². The van der Waals surface area contributed by atoms with Crippen molar-refractivity contribution < 1.29 is 0 Å². The Morgan fingerprint density at radius 2 is 1.81 bits per heavy atom. The average molecular weight is 486 g/mol. The predicted octanol–water partition coefficient (Wildman–Crippen LogP) is 3.01. The molecule has 0 spiro atoms. The zero-order valence-electron chi connectivity index (χ0n) is 15.4. The van der Waals surface area contributed by atoms with Crippen molar-refractivity contribution in [1.29, 1.82) is 0 Å². The molecule has 0 bridgehead atoms. The van der Waals surface area contributed by atoms with Gasteiger partial charge in [-0.25, -0.2) is 15.0 Å². The van der Waals surface area contributed by atoms with Gasteiger partial charge in [-0.05, 0) is 31.5 Å². The second-order valence-corrected chi connectivity index (χ2v) is 7.17. The number of hydrogen-bond acceptors (Lipinski definition) is 5. The molecule has 1 fully saturated rings. The molecule has 0 atom stereocenters. The number of rotatable bonds is 5. The highest BCUT2D eigenvalue weighted by molar-refractivity contribution is 14.0. The number of piperazine rings is 1. The Hall–Kier alpha value is -1.42. The fourth-order valence-electron chi connectivity index (χ4n) is 2.85. The summed E-state index contributed by atoms with van der Waals surface area (Å²) in [5, 5.41) is 3.43. The number of aliphatic imine (C=N–C) groups is 1. The lowest BCUT2D eigenvalue weighted by atomic mass is 10.3. The third-order valence-electron chi connectivity index (χ3n) is 4.20. The summed E-state index contributed by atoms with van der Waals surface area (Å²) < 4.78 is 0. The number of thiophene rings is 1. The van der Waals surface area contributed by atoms with Gasteiger partial charge in [0, 0.05) is 54.9 Å². The van der Waals surface area contributed by atoms with Gasteiger partial charge in [0.25, 0.3) is 0 Å². The van der Waals surface area contributed by atoms with Gasteiger partial charge in [0.1, 0.15) is 0 Å². The minimum absolute atomic E-state index is 0. The number of halogens is 1. The van der Waals surface area contributed by atoms with Crippen molar-refractivity contribution in [3.05, 3.63) is 40.3 Å². The van der Waals surface area contributed by atoms with Crippen molar-refractivity contribution in [2.45, 2.75) is 26.8 Å². The second-order valence-electron chi connectivity index (χ2n) is 5.91. The van der Waals surface area contributed by atoms with E-state index in [1.165, 1.54) is 9.75 Å². The summed E-state index contributed by atoms with van der Waals surface area (Å²) in [6.45, 7) is 9.60. The summed E-state index contributed by atoms with van der Waals surface area (Å²) in [5.74, 6) is 1.82. The predicted molar refractivity (Wildman–Crippen MR) is 120 cm³/mol. The van der Waals surface area contributed by atoms with Crippen molar-refractivity contribution in [1.82, 2.24) is 20.2 Å². The molecular weight excluding hydrogens is 459 g/mol. The van der Waals surface area contributed by atoms with E-state index in [9.17, 15) is 0 Å². The van der Waals surface area contributed by atoms with Crippen LogP contribution in [-0.4, -0.2) is 53.6 Å². The van der Waals surface area contributed by atoms with Crippen LogP contribution in [0, 0.1) is 0 Å². The monoisotopic (exact) mass is 486 g/mol. The van der Waals surface area contributed by atoms with E-state index >= 15 is 0 Å². The van der Waals surface area contributed by atoms with Crippen LogP contribution in [0.1, 0.15) is 23.6 Å². The van der Waals surface area contributed by atoms with Crippen molar-refractivity contribution in [3.8, 4) is 0 Å². The molecule has 0 radical (unpaired) electrons.